The van der Waals surface area contributed by atoms with Gasteiger partial charge >= 0.3 is 0 Å². The van der Waals surface area contributed by atoms with Crippen molar-refractivity contribution in [3.05, 3.63) is 11.6 Å². The summed E-state index contributed by atoms with van der Waals surface area (Å²) in [6.07, 6.45) is 8.38. The smallest absolute Gasteiger partial charge is 0.168 e. The third-order valence-electron chi connectivity index (χ3n) is 5.25. The first-order valence-corrected chi connectivity index (χ1v) is 8.58. The second-order valence-electron chi connectivity index (χ2n) is 6.20. The monoisotopic (exact) mass is 274 g/mol. The zero-order chi connectivity index (χ0) is 12.3. The van der Waals surface area contributed by atoms with Gasteiger partial charge in [-0.15, -0.1) is 11.6 Å². The molecular weight excluding hydrogens is 256 g/mol. The molecule has 4 heteroatoms. The summed E-state index contributed by atoms with van der Waals surface area (Å²) in [5.41, 5.74) is 1.12. The van der Waals surface area contributed by atoms with Crippen LogP contribution in [-0.2, 0) is 9.84 Å². The normalized spacial score (nSPS) is 48.1. The quantitative estimate of drug-likeness (QED) is 0.502. The molecule has 0 spiro atoms. The van der Waals surface area contributed by atoms with Gasteiger partial charge in [0.05, 0.1) is 5.75 Å². The van der Waals surface area contributed by atoms with E-state index < -0.39 is 14.5 Å². The van der Waals surface area contributed by atoms with Gasteiger partial charge in [-0.05, 0) is 38.0 Å². The highest BCUT2D eigenvalue weighted by Crippen LogP contribution is 2.67. The predicted octanol–water partition coefficient (Wildman–Crippen LogP) is 3.27. The summed E-state index contributed by atoms with van der Waals surface area (Å²) in [4.78, 5) is 0. The molecule has 0 aromatic rings. The Morgan fingerprint density at radius 1 is 1.35 bits per heavy atom. The molecule has 1 heterocycles. The van der Waals surface area contributed by atoms with Crippen molar-refractivity contribution in [2.45, 2.75) is 50.2 Å². The maximum atomic E-state index is 12.2. The molecule has 2 nitrogen and oxygen atoms in total. The van der Waals surface area contributed by atoms with E-state index in [1.165, 1.54) is 5.57 Å². The number of hydrogen-bond donors (Lipinski definition) is 0. The van der Waals surface area contributed by atoms with Crippen molar-refractivity contribution < 1.29 is 8.42 Å². The Morgan fingerprint density at radius 3 is 2.82 bits per heavy atom. The Bertz CT molecular complexity index is 482. The molecule has 0 aromatic heterocycles. The van der Waals surface area contributed by atoms with Gasteiger partial charge in [0, 0.05) is 5.41 Å². The first kappa shape index (κ1) is 12.0. The van der Waals surface area contributed by atoms with Crippen LogP contribution in [0.15, 0.2) is 11.6 Å². The largest absolute Gasteiger partial charge is 0.227 e. The van der Waals surface area contributed by atoms with E-state index in [2.05, 4.69) is 13.0 Å². The average molecular weight is 275 g/mol. The van der Waals surface area contributed by atoms with E-state index >= 15 is 0 Å². The van der Waals surface area contributed by atoms with Crippen molar-refractivity contribution in [1.29, 1.82) is 0 Å². The molecule has 0 aromatic carbocycles. The Morgan fingerprint density at radius 2 is 2.06 bits per heavy atom. The van der Waals surface area contributed by atoms with Crippen LogP contribution in [0.1, 0.15) is 45.4 Å². The van der Waals surface area contributed by atoms with Gasteiger partial charge in [0.1, 0.15) is 4.71 Å². The van der Waals surface area contributed by atoms with Gasteiger partial charge in [-0.2, -0.15) is 0 Å². The van der Waals surface area contributed by atoms with Crippen LogP contribution in [0.25, 0.3) is 0 Å². The molecule has 17 heavy (non-hydrogen) atoms. The second kappa shape index (κ2) is 3.51. The van der Waals surface area contributed by atoms with Crippen LogP contribution in [0.2, 0.25) is 0 Å². The van der Waals surface area contributed by atoms with Crippen LogP contribution in [0.3, 0.4) is 0 Å². The van der Waals surface area contributed by atoms with E-state index in [1.54, 1.807) is 0 Å². The minimum Gasteiger partial charge on any atom is -0.227 e. The number of hydrogen-bond acceptors (Lipinski definition) is 2. The van der Waals surface area contributed by atoms with Gasteiger partial charge in [0.15, 0.2) is 9.84 Å². The number of allylic oxidation sites excluding steroid dienone is 2. The molecule has 0 unspecified atom stereocenters. The predicted molar refractivity (Wildman–Crippen MR) is 69.8 cm³/mol. The Labute approximate surface area is 108 Å². The van der Waals surface area contributed by atoms with E-state index in [9.17, 15) is 8.42 Å². The number of halogens is 1. The van der Waals surface area contributed by atoms with Crippen LogP contribution >= 0.6 is 11.6 Å². The van der Waals surface area contributed by atoms with Crippen molar-refractivity contribution in [3.8, 4) is 0 Å². The molecule has 1 saturated heterocycles. The molecular formula is C13H19ClO2S. The Kier molecular flexibility index (Phi) is 2.48. The lowest BCUT2D eigenvalue weighted by atomic mass is 9.52. The number of alkyl halides is 1. The van der Waals surface area contributed by atoms with Crippen LogP contribution in [0, 0.1) is 10.8 Å². The lowest BCUT2D eigenvalue weighted by Gasteiger charge is -2.52. The third-order valence-corrected chi connectivity index (χ3v) is 8.52. The third kappa shape index (κ3) is 1.42. The van der Waals surface area contributed by atoms with Crippen molar-refractivity contribution in [3.63, 3.8) is 0 Å². The molecule has 3 aliphatic rings. The molecule has 0 radical (unpaired) electrons. The average Bonchev–Trinajstić information content (AvgIpc) is 2.45. The van der Waals surface area contributed by atoms with Crippen molar-refractivity contribution in [2.24, 2.45) is 10.8 Å². The standard InChI is InChI=1S/C13H19ClO2S/c1-10-4-7-12-5-2-3-6-13(12,8-10)11(14)17(15,16)9-12/h4,11H,2-3,5-9H2,1H3/t11-,12+,13+/m1/s1. The molecule has 3 rings (SSSR count). The van der Waals surface area contributed by atoms with Gasteiger partial charge < -0.3 is 0 Å². The summed E-state index contributed by atoms with van der Waals surface area (Å²) in [5, 5.41) is 0. The van der Waals surface area contributed by atoms with Gasteiger partial charge in [-0.1, -0.05) is 24.5 Å². The van der Waals surface area contributed by atoms with Crippen molar-refractivity contribution >= 4 is 21.4 Å². The molecule has 3 atom stereocenters. The number of rotatable bonds is 0. The van der Waals surface area contributed by atoms with Crippen LogP contribution in [-0.4, -0.2) is 18.9 Å². The van der Waals surface area contributed by atoms with Crippen LogP contribution in [0.4, 0.5) is 0 Å². The zero-order valence-corrected chi connectivity index (χ0v) is 11.8. The molecule has 1 saturated carbocycles. The number of sulfone groups is 1. The molecule has 0 amide bonds. The fraction of sp³-hybridized carbons (Fsp3) is 0.846. The Balaban J connectivity index is 2.17. The molecule has 2 fully saturated rings. The van der Waals surface area contributed by atoms with Crippen LogP contribution < -0.4 is 0 Å². The minimum atomic E-state index is -3.10. The maximum absolute atomic E-state index is 12.2. The molecule has 0 N–H and O–H groups in total. The van der Waals surface area contributed by atoms with E-state index in [-0.39, 0.29) is 10.8 Å². The zero-order valence-electron chi connectivity index (χ0n) is 10.2. The topological polar surface area (TPSA) is 34.1 Å². The minimum absolute atomic E-state index is 0.0456. The van der Waals surface area contributed by atoms with Crippen LogP contribution in [0.5, 0.6) is 0 Å². The molecule has 2 aliphatic carbocycles. The lowest BCUT2D eigenvalue weighted by Crippen LogP contribution is -2.47. The lowest BCUT2D eigenvalue weighted by molar-refractivity contribution is 0.0229. The highest BCUT2D eigenvalue weighted by molar-refractivity contribution is 7.93. The van der Waals surface area contributed by atoms with Gasteiger partial charge in [0.25, 0.3) is 0 Å². The van der Waals surface area contributed by atoms with Gasteiger partial charge in [-0.25, -0.2) is 8.42 Å². The summed E-state index contributed by atoms with van der Waals surface area (Å²) in [6, 6.07) is 0. The fourth-order valence-corrected chi connectivity index (χ4v) is 7.66. The summed E-state index contributed by atoms with van der Waals surface area (Å²) in [6.45, 7) is 2.11. The molecule has 96 valence electrons. The van der Waals surface area contributed by atoms with Gasteiger partial charge in [-0.3, -0.25) is 0 Å². The van der Waals surface area contributed by atoms with Gasteiger partial charge in [0.2, 0.25) is 0 Å². The summed E-state index contributed by atoms with van der Waals surface area (Å²) >= 11 is 6.39. The van der Waals surface area contributed by atoms with Crippen molar-refractivity contribution in [1.82, 2.24) is 0 Å². The summed E-state index contributed by atoms with van der Waals surface area (Å²) in [5.74, 6) is 0.317. The summed E-state index contributed by atoms with van der Waals surface area (Å²) in [7, 11) is -3.10. The SMILES string of the molecule is CC1=CC[C@]23CCCC[C@]2(C1)[C@H](Cl)S(=O)(=O)C3. The highest BCUT2D eigenvalue weighted by Gasteiger charge is 2.66. The van der Waals surface area contributed by atoms with E-state index in [0.29, 0.717) is 5.75 Å². The first-order chi connectivity index (χ1) is 7.92. The first-order valence-electron chi connectivity index (χ1n) is 6.43. The summed E-state index contributed by atoms with van der Waals surface area (Å²) < 4.78 is 23.8. The maximum Gasteiger partial charge on any atom is 0.168 e. The fourth-order valence-electron chi connectivity index (χ4n) is 4.45. The highest BCUT2D eigenvalue weighted by atomic mass is 35.5. The molecule has 1 aliphatic heterocycles. The molecule has 0 bridgehead atoms. The van der Waals surface area contributed by atoms with Crippen molar-refractivity contribution in [2.75, 3.05) is 5.75 Å². The second-order valence-corrected chi connectivity index (χ2v) is 8.98. The van der Waals surface area contributed by atoms with E-state index in [4.69, 9.17) is 11.6 Å². The van der Waals surface area contributed by atoms with E-state index in [1.807, 2.05) is 0 Å². The van der Waals surface area contributed by atoms with E-state index in [0.717, 1.165) is 38.5 Å². The Hall–Kier alpha value is -0.0200.